The minimum atomic E-state index is -4.26. The predicted octanol–water partition coefficient (Wildman–Crippen LogP) is 5.51. The highest BCUT2D eigenvalue weighted by Crippen LogP contribution is 2.33. The van der Waals surface area contributed by atoms with E-state index in [0.29, 0.717) is 41.2 Å². The van der Waals surface area contributed by atoms with Gasteiger partial charge in [-0.2, -0.15) is 18.4 Å². The van der Waals surface area contributed by atoms with Gasteiger partial charge in [0.25, 0.3) is 0 Å². The van der Waals surface area contributed by atoms with E-state index in [9.17, 15) is 23.2 Å². The molecule has 45 heavy (non-hydrogen) atoms. The van der Waals surface area contributed by atoms with Gasteiger partial charge in [0, 0.05) is 67.5 Å². The van der Waals surface area contributed by atoms with Crippen LogP contribution in [0.25, 0.3) is 21.1 Å². The molecule has 1 amide bonds. The number of carbonyl (C=O) groups is 1. The number of piperidine rings is 1. The SMILES string of the molecule is CCC(=O)NCCCNCCn1c(C#N)cc2c(C)c(CN3CCC(Nc4ncnc5sc(CC(F)(F)F)cc45)CC3)ccc21. The molecule has 1 aliphatic rings. The molecule has 13 heteroatoms. The van der Waals surface area contributed by atoms with E-state index in [4.69, 9.17) is 0 Å². The Morgan fingerprint density at radius 2 is 1.93 bits per heavy atom. The minimum absolute atomic E-state index is 0.0634. The Labute approximate surface area is 264 Å². The Morgan fingerprint density at radius 3 is 2.67 bits per heavy atom. The molecule has 5 rings (SSSR count). The van der Waals surface area contributed by atoms with Crippen LogP contribution in [0.15, 0.2) is 30.6 Å². The van der Waals surface area contributed by atoms with Gasteiger partial charge >= 0.3 is 6.18 Å². The zero-order valence-electron chi connectivity index (χ0n) is 25.6. The van der Waals surface area contributed by atoms with Gasteiger partial charge in [-0.05, 0) is 62.1 Å². The minimum Gasteiger partial charge on any atom is -0.367 e. The molecule has 0 radical (unpaired) electrons. The number of nitrogens with zero attached hydrogens (tertiary/aromatic N) is 5. The van der Waals surface area contributed by atoms with E-state index in [0.717, 1.165) is 74.2 Å². The molecule has 3 N–H and O–H groups in total. The van der Waals surface area contributed by atoms with Crippen molar-refractivity contribution in [3.63, 3.8) is 0 Å². The number of rotatable bonds is 13. The van der Waals surface area contributed by atoms with Crippen LogP contribution in [0, 0.1) is 18.3 Å². The van der Waals surface area contributed by atoms with Gasteiger partial charge < -0.3 is 20.5 Å². The first kappa shape index (κ1) is 32.7. The number of nitrogens with one attached hydrogen (secondary N) is 3. The van der Waals surface area contributed by atoms with Crippen LogP contribution >= 0.6 is 11.3 Å². The average molecular weight is 641 g/mol. The second-order valence-corrected chi connectivity index (χ2v) is 12.6. The van der Waals surface area contributed by atoms with Crippen LogP contribution in [-0.2, 0) is 24.3 Å². The third-order valence-electron chi connectivity index (χ3n) is 8.34. The Morgan fingerprint density at radius 1 is 1.13 bits per heavy atom. The number of benzene rings is 1. The van der Waals surface area contributed by atoms with E-state index in [-0.39, 0.29) is 16.8 Å². The summed E-state index contributed by atoms with van der Waals surface area (Å²) in [6.07, 6.45) is -0.686. The number of carbonyl (C=O) groups excluding carboxylic acids is 1. The molecule has 0 saturated carbocycles. The number of aryl methyl sites for hydroxylation is 1. The lowest BCUT2D eigenvalue weighted by Gasteiger charge is -2.33. The molecule has 0 aliphatic carbocycles. The van der Waals surface area contributed by atoms with Gasteiger partial charge in [-0.15, -0.1) is 11.3 Å². The fourth-order valence-corrected chi connectivity index (χ4v) is 6.91. The number of halogens is 3. The number of fused-ring (bicyclic) bond motifs is 2. The maximum atomic E-state index is 12.9. The third kappa shape index (κ3) is 8.31. The largest absolute Gasteiger partial charge is 0.393 e. The maximum absolute atomic E-state index is 12.9. The van der Waals surface area contributed by atoms with Gasteiger partial charge in [0.2, 0.25) is 5.91 Å². The Kier molecular flexibility index (Phi) is 10.6. The number of anilines is 1. The van der Waals surface area contributed by atoms with E-state index in [2.05, 4.69) is 60.5 Å². The summed E-state index contributed by atoms with van der Waals surface area (Å²) in [5.41, 5.74) is 4.11. The fraction of sp³-hybridized carbons (Fsp3) is 0.500. The molecule has 240 valence electrons. The van der Waals surface area contributed by atoms with E-state index < -0.39 is 12.6 Å². The standard InChI is InChI=1S/C32H39F3N8OS/c1-3-29(44)38-10-4-9-37-11-14-43-24(18-36)15-26-21(2)22(5-6-28(26)43)19-42-12-7-23(8-13-42)41-30-27-16-25(17-32(33,34)35)45-31(27)40-20-39-30/h5-6,15-16,20,23,37H,3-4,7-14,17,19H2,1-2H3,(H,38,44)(H,39,40,41). The second-order valence-electron chi connectivity index (χ2n) is 11.5. The average Bonchev–Trinajstić information content (AvgIpc) is 3.59. The number of thiophene rings is 1. The molecule has 1 fully saturated rings. The van der Waals surface area contributed by atoms with E-state index >= 15 is 0 Å². The summed E-state index contributed by atoms with van der Waals surface area (Å²) in [6, 6.07) is 10.3. The molecular weight excluding hydrogens is 601 g/mol. The van der Waals surface area contributed by atoms with Gasteiger partial charge in [-0.1, -0.05) is 13.0 Å². The number of nitriles is 1. The maximum Gasteiger partial charge on any atom is 0.393 e. The quantitative estimate of drug-likeness (QED) is 0.165. The summed E-state index contributed by atoms with van der Waals surface area (Å²) in [5, 5.41) is 21.3. The number of aromatic nitrogens is 3. The number of hydrogen-bond acceptors (Lipinski definition) is 8. The lowest BCUT2D eigenvalue weighted by atomic mass is 10.0. The van der Waals surface area contributed by atoms with Crippen molar-refractivity contribution in [1.29, 1.82) is 5.26 Å². The van der Waals surface area contributed by atoms with Crippen LogP contribution in [0.3, 0.4) is 0 Å². The topological polar surface area (TPSA) is 111 Å². The van der Waals surface area contributed by atoms with Crippen LogP contribution < -0.4 is 16.0 Å². The monoisotopic (exact) mass is 640 g/mol. The van der Waals surface area contributed by atoms with Crippen LogP contribution in [0.1, 0.15) is 54.3 Å². The van der Waals surface area contributed by atoms with Gasteiger partial charge in [0.1, 0.15) is 28.7 Å². The third-order valence-corrected chi connectivity index (χ3v) is 9.39. The predicted molar refractivity (Wildman–Crippen MR) is 171 cm³/mol. The van der Waals surface area contributed by atoms with Crippen LogP contribution in [0.2, 0.25) is 0 Å². The summed E-state index contributed by atoms with van der Waals surface area (Å²) < 4.78 is 40.8. The number of likely N-dealkylation sites (tertiary alicyclic amines) is 1. The van der Waals surface area contributed by atoms with Crippen molar-refractivity contribution in [2.24, 2.45) is 0 Å². The molecule has 4 aromatic rings. The summed E-state index contributed by atoms with van der Waals surface area (Å²) in [4.78, 5) is 23.1. The zero-order valence-corrected chi connectivity index (χ0v) is 26.5. The summed E-state index contributed by atoms with van der Waals surface area (Å²) >= 11 is 1.06. The van der Waals surface area contributed by atoms with E-state index in [1.807, 2.05) is 13.0 Å². The highest BCUT2D eigenvalue weighted by molar-refractivity contribution is 7.18. The van der Waals surface area contributed by atoms with Crippen molar-refractivity contribution in [2.45, 2.75) is 71.3 Å². The molecule has 0 atom stereocenters. The Bertz CT molecular complexity index is 1670. The molecule has 0 bridgehead atoms. The van der Waals surface area contributed by atoms with Crippen LogP contribution in [0.4, 0.5) is 19.0 Å². The molecule has 1 saturated heterocycles. The highest BCUT2D eigenvalue weighted by atomic mass is 32.1. The van der Waals surface area contributed by atoms with E-state index in [1.165, 1.54) is 17.5 Å². The zero-order chi connectivity index (χ0) is 32.0. The van der Waals surface area contributed by atoms with Crippen molar-refractivity contribution in [1.82, 2.24) is 30.1 Å². The smallest absolute Gasteiger partial charge is 0.367 e. The molecular formula is C32H39F3N8OS. The first-order valence-corrected chi connectivity index (χ1v) is 16.2. The Hall–Kier alpha value is -3.73. The van der Waals surface area contributed by atoms with Gasteiger partial charge in [0.05, 0.1) is 11.8 Å². The lowest BCUT2D eigenvalue weighted by molar-refractivity contribution is -0.126. The lowest BCUT2D eigenvalue weighted by Crippen LogP contribution is -2.39. The van der Waals surface area contributed by atoms with Crippen LogP contribution in [0.5, 0.6) is 0 Å². The van der Waals surface area contributed by atoms with Crippen molar-refractivity contribution in [3.05, 3.63) is 52.3 Å². The highest BCUT2D eigenvalue weighted by Gasteiger charge is 2.29. The summed E-state index contributed by atoms with van der Waals surface area (Å²) in [5.74, 6) is 0.659. The molecule has 0 unspecified atom stereocenters. The molecule has 9 nitrogen and oxygen atoms in total. The van der Waals surface area contributed by atoms with Crippen molar-refractivity contribution < 1.29 is 18.0 Å². The molecule has 4 heterocycles. The number of alkyl halides is 3. The van der Waals surface area contributed by atoms with Gasteiger partial charge in [0.15, 0.2) is 0 Å². The summed E-state index contributed by atoms with van der Waals surface area (Å²) in [7, 11) is 0. The van der Waals surface area contributed by atoms with Gasteiger partial charge in [-0.25, -0.2) is 9.97 Å². The molecule has 3 aromatic heterocycles. The van der Waals surface area contributed by atoms with Gasteiger partial charge in [-0.3, -0.25) is 9.69 Å². The van der Waals surface area contributed by atoms with Crippen molar-refractivity contribution >= 4 is 44.2 Å². The summed E-state index contributed by atoms with van der Waals surface area (Å²) in [6.45, 7) is 9.38. The first-order chi connectivity index (χ1) is 21.6. The molecule has 1 aliphatic heterocycles. The van der Waals surface area contributed by atoms with Crippen molar-refractivity contribution in [2.75, 3.05) is 38.0 Å². The fourth-order valence-electron chi connectivity index (χ4n) is 5.88. The van der Waals surface area contributed by atoms with Crippen LogP contribution in [-0.4, -0.2) is 70.3 Å². The molecule has 0 spiro atoms. The molecule has 1 aromatic carbocycles. The first-order valence-electron chi connectivity index (χ1n) is 15.4. The number of hydrogen-bond donors (Lipinski definition) is 3. The number of amides is 1. The van der Waals surface area contributed by atoms with Crippen molar-refractivity contribution in [3.8, 4) is 6.07 Å². The Balaban J connectivity index is 1.15. The normalized spacial score (nSPS) is 14.7. The van der Waals surface area contributed by atoms with E-state index in [1.54, 1.807) is 6.07 Å². The second kappa shape index (κ2) is 14.6.